The number of anilines is 2. The lowest BCUT2D eigenvalue weighted by molar-refractivity contribution is 0.0942. The number of ether oxygens (including phenoxy) is 1. The molecule has 0 spiro atoms. The van der Waals surface area contributed by atoms with Crippen molar-refractivity contribution in [1.82, 2.24) is 5.32 Å². The van der Waals surface area contributed by atoms with Crippen molar-refractivity contribution < 1.29 is 14.3 Å². The van der Waals surface area contributed by atoms with Crippen LogP contribution in [0.15, 0.2) is 66.7 Å². The van der Waals surface area contributed by atoms with Crippen LogP contribution in [0.2, 0.25) is 0 Å². The van der Waals surface area contributed by atoms with E-state index in [9.17, 15) is 9.59 Å². The second-order valence-corrected chi connectivity index (χ2v) is 8.45. The molecular weight excluding hydrogens is 414 g/mol. The first-order chi connectivity index (χ1) is 16.0. The normalized spacial score (nSPS) is 12.8. The van der Waals surface area contributed by atoms with Crippen molar-refractivity contribution in [3.05, 3.63) is 89.0 Å². The van der Waals surface area contributed by atoms with Gasteiger partial charge in [-0.2, -0.15) is 0 Å². The van der Waals surface area contributed by atoms with E-state index < -0.39 is 0 Å². The fourth-order valence-electron chi connectivity index (χ4n) is 4.14. The topological polar surface area (TPSA) is 70.7 Å². The third-order valence-electron chi connectivity index (χ3n) is 5.74. The number of amides is 2. The third kappa shape index (κ3) is 5.00. The average molecular weight is 444 g/mol. The number of nitrogens with zero attached hydrogens (tertiary/aromatic N) is 1. The summed E-state index contributed by atoms with van der Waals surface area (Å²) in [6.07, 6.45) is 0.924. The van der Waals surface area contributed by atoms with Crippen molar-refractivity contribution in [2.24, 2.45) is 0 Å². The van der Waals surface area contributed by atoms with Crippen LogP contribution in [0.25, 0.3) is 0 Å². The molecule has 0 aliphatic carbocycles. The number of para-hydroxylation sites is 1. The summed E-state index contributed by atoms with van der Waals surface area (Å²) in [4.78, 5) is 28.2. The molecule has 0 saturated heterocycles. The molecule has 6 nitrogen and oxygen atoms in total. The van der Waals surface area contributed by atoms with E-state index in [-0.39, 0.29) is 17.9 Å². The Labute approximate surface area is 194 Å². The van der Waals surface area contributed by atoms with Gasteiger partial charge in [-0.15, -0.1) is 0 Å². The molecule has 3 aromatic carbocycles. The highest BCUT2D eigenvalue weighted by atomic mass is 16.5. The molecule has 170 valence electrons. The minimum Gasteiger partial charge on any atom is -0.496 e. The van der Waals surface area contributed by atoms with Crippen molar-refractivity contribution in [3.63, 3.8) is 0 Å². The Morgan fingerprint density at radius 1 is 0.909 bits per heavy atom. The van der Waals surface area contributed by atoms with Crippen LogP contribution in [-0.4, -0.2) is 31.5 Å². The lowest BCUT2D eigenvalue weighted by Crippen LogP contribution is -2.35. The highest BCUT2D eigenvalue weighted by Gasteiger charge is 2.22. The molecule has 4 rings (SSSR count). The molecule has 0 bridgehead atoms. The fourth-order valence-corrected chi connectivity index (χ4v) is 4.14. The Bertz CT molecular complexity index is 1170. The molecule has 2 amide bonds. The Morgan fingerprint density at radius 3 is 2.39 bits per heavy atom. The smallest absolute Gasteiger partial charge is 0.259 e. The summed E-state index contributed by atoms with van der Waals surface area (Å²) < 4.78 is 5.31. The van der Waals surface area contributed by atoms with Crippen LogP contribution in [0.4, 0.5) is 11.4 Å². The molecule has 1 aliphatic heterocycles. The Balaban J connectivity index is 1.64. The second-order valence-electron chi connectivity index (χ2n) is 8.45. The standard InChI is InChI=1S/C27H29N3O3/c1-18(2)28-27(32)23-16-21(29-26(31)22-10-6-7-11-25(22)33-3)12-13-24(23)30-15-14-19-8-4-5-9-20(19)17-30/h4-13,16,18H,14-15,17H2,1-3H3,(H,28,32)(H,29,31). The zero-order valence-corrected chi connectivity index (χ0v) is 19.2. The minimum atomic E-state index is -0.290. The van der Waals surface area contributed by atoms with Crippen molar-refractivity contribution in [3.8, 4) is 5.75 Å². The van der Waals surface area contributed by atoms with Crippen LogP contribution in [-0.2, 0) is 13.0 Å². The lowest BCUT2D eigenvalue weighted by atomic mass is 9.98. The summed E-state index contributed by atoms with van der Waals surface area (Å²) in [5, 5.41) is 5.90. The van der Waals surface area contributed by atoms with Gasteiger partial charge in [0.15, 0.2) is 0 Å². The van der Waals surface area contributed by atoms with E-state index in [1.165, 1.54) is 18.2 Å². The third-order valence-corrected chi connectivity index (χ3v) is 5.74. The van der Waals surface area contributed by atoms with Crippen LogP contribution < -0.4 is 20.3 Å². The average Bonchev–Trinajstić information content (AvgIpc) is 2.83. The number of hydrogen-bond acceptors (Lipinski definition) is 4. The predicted octanol–water partition coefficient (Wildman–Crippen LogP) is 4.65. The van der Waals surface area contributed by atoms with Crippen LogP contribution >= 0.6 is 0 Å². The highest BCUT2D eigenvalue weighted by molar-refractivity contribution is 6.07. The summed E-state index contributed by atoms with van der Waals surface area (Å²) in [6, 6.07) is 21.0. The van der Waals surface area contributed by atoms with Crippen molar-refractivity contribution in [2.45, 2.75) is 32.9 Å². The molecule has 3 aromatic rings. The SMILES string of the molecule is COc1ccccc1C(=O)Nc1ccc(N2CCc3ccccc3C2)c(C(=O)NC(C)C)c1. The van der Waals surface area contributed by atoms with E-state index >= 15 is 0 Å². The maximum absolute atomic E-state index is 13.1. The summed E-state index contributed by atoms with van der Waals surface area (Å²) in [6.45, 7) is 5.43. The van der Waals surface area contributed by atoms with Gasteiger partial charge in [-0.25, -0.2) is 0 Å². The largest absolute Gasteiger partial charge is 0.496 e. The zero-order chi connectivity index (χ0) is 23.4. The van der Waals surface area contributed by atoms with Crippen LogP contribution in [0, 0.1) is 0 Å². The molecule has 0 atom stereocenters. The molecule has 6 heteroatoms. The van der Waals surface area contributed by atoms with Gasteiger partial charge in [0.1, 0.15) is 5.75 Å². The summed E-state index contributed by atoms with van der Waals surface area (Å²) >= 11 is 0. The number of benzene rings is 3. The molecule has 2 N–H and O–H groups in total. The Hall–Kier alpha value is -3.80. The Morgan fingerprint density at radius 2 is 1.64 bits per heavy atom. The molecule has 0 unspecified atom stereocenters. The van der Waals surface area contributed by atoms with E-state index in [1.807, 2.05) is 38.1 Å². The number of carbonyl (C=O) groups excluding carboxylic acids is 2. The van der Waals surface area contributed by atoms with E-state index in [1.54, 1.807) is 24.3 Å². The van der Waals surface area contributed by atoms with E-state index in [0.717, 1.165) is 25.2 Å². The maximum atomic E-state index is 13.1. The number of fused-ring (bicyclic) bond motifs is 1. The van der Waals surface area contributed by atoms with Crippen LogP contribution in [0.1, 0.15) is 45.7 Å². The molecule has 33 heavy (non-hydrogen) atoms. The van der Waals surface area contributed by atoms with E-state index in [4.69, 9.17) is 4.74 Å². The first-order valence-electron chi connectivity index (χ1n) is 11.2. The number of nitrogens with one attached hydrogen (secondary N) is 2. The van der Waals surface area contributed by atoms with E-state index in [0.29, 0.717) is 22.6 Å². The van der Waals surface area contributed by atoms with Crippen molar-refractivity contribution in [1.29, 1.82) is 0 Å². The predicted molar refractivity (Wildman–Crippen MR) is 131 cm³/mol. The molecular formula is C27H29N3O3. The summed E-state index contributed by atoms with van der Waals surface area (Å²) in [7, 11) is 1.53. The first kappa shape index (κ1) is 22.4. The van der Waals surface area contributed by atoms with Crippen molar-refractivity contribution in [2.75, 3.05) is 23.9 Å². The molecule has 1 heterocycles. The van der Waals surface area contributed by atoms with Gasteiger partial charge in [0, 0.05) is 30.5 Å². The monoisotopic (exact) mass is 443 g/mol. The molecule has 0 fully saturated rings. The lowest BCUT2D eigenvalue weighted by Gasteiger charge is -2.32. The van der Waals surface area contributed by atoms with Gasteiger partial charge < -0.3 is 20.3 Å². The number of rotatable bonds is 6. The maximum Gasteiger partial charge on any atom is 0.259 e. The van der Waals surface area contributed by atoms with Gasteiger partial charge in [-0.1, -0.05) is 36.4 Å². The minimum absolute atomic E-state index is 0.000686. The number of hydrogen-bond donors (Lipinski definition) is 2. The van der Waals surface area contributed by atoms with Gasteiger partial charge in [0.05, 0.1) is 18.2 Å². The molecule has 0 aromatic heterocycles. The molecule has 0 radical (unpaired) electrons. The summed E-state index contributed by atoms with van der Waals surface area (Å²) in [5.74, 6) is 0.0472. The van der Waals surface area contributed by atoms with Gasteiger partial charge in [0.2, 0.25) is 0 Å². The fraction of sp³-hybridized carbons (Fsp3) is 0.259. The van der Waals surface area contributed by atoms with E-state index in [2.05, 4.69) is 33.7 Å². The van der Waals surface area contributed by atoms with Gasteiger partial charge >= 0.3 is 0 Å². The molecule has 1 aliphatic rings. The van der Waals surface area contributed by atoms with Crippen LogP contribution in [0.3, 0.4) is 0 Å². The number of carbonyl (C=O) groups is 2. The number of methoxy groups -OCH3 is 1. The summed E-state index contributed by atoms with van der Waals surface area (Å²) in [5.41, 5.74) is 5.01. The zero-order valence-electron chi connectivity index (χ0n) is 19.2. The van der Waals surface area contributed by atoms with Gasteiger partial charge in [0.25, 0.3) is 11.8 Å². The second kappa shape index (κ2) is 9.77. The van der Waals surface area contributed by atoms with Crippen LogP contribution in [0.5, 0.6) is 5.75 Å². The van der Waals surface area contributed by atoms with Crippen molar-refractivity contribution >= 4 is 23.2 Å². The van der Waals surface area contributed by atoms with Gasteiger partial charge in [-0.3, -0.25) is 9.59 Å². The molecule has 0 saturated carbocycles. The highest BCUT2D eigenvalue weighted by Crippen LogP contribution is 2.30. The quantitative estimate of drug-likeness (QED) is 0.582. The first-order valence-corrected chi connectivity index (χ1v) is 11.2. The Kier molecular flexibility index (Phi) is 6.63. The van der Waals surface area contributed by atoms with Gasteiger partial charge in [-0.05, 0) is 61.7 Å².